The predicted octanol–water partition coefficient (Wildman–Crippen LogP) is 4.68. The van der Waals surface area contributed by atoms with Gasteiger partial charge in [-0.1, -0.05) is 60.7 Å². The van der Waals surface area contributed by atoms with Crippen molar-refractivity contribution in [2.24, 2.45) is 0 Å². The lowest BCUT2D eigenvalue weighted by Crippen LogP contribution is -2.34. The SMILES string of the molecule is O=c1[nH]c2cc3c(cc2cc1C(c1nnnn1Cc1ccccc1)N(Cc1ccccc1)Cc1ccco1)OCO3. The molecule has 0 amide bonds. The van der Waals surface area contributed by atoms with Gasteiger partial charge in [-0.05, 0) is 45.8 Å². The van der Waals surface area contributed by atoms with Crippen molar-refractivity contribution in [3.63, 3.8) is 0 Å². The van der Waals surface area contributed by atoms with Gasteiger partial charge in [0.15, 0.2) is 17.3 Å². The lowest BCUT2D eigenvalue weighted by molar-refractivity contribution is 0.174. The fourth-order valence-corrected chi connectivity index (χ4v) is 5.25. The monoisotopic (exact) mass is 546 g/mol. The molecule has 1 aliphatic heterocycles. The number of benzene rings is 3. The average Bonchev–Trinajstić information content (AvgIpc) is 3.77. The smallest absolute Gasteiger partial charge is 0.253 e. The van der Waals surface area contributed by atoms with Crippen LogP contribution in [0.25, 0.3) is 10.9 Å². The molecular weight excluding hydrogens is 520 g/mol. The van der Waals surface area contributed by atoms with E-state index in [4.69, 9.17) is 13.9 Å². The Balaban J connectivity index is 1.39. The van der Waals surface area contributed by atoms with E-state index >= 15 is 0 Å². The summed E-state index contributed by atoms with van der Waals surface area (Å²) in [5.41, 5.74) is 3.04. The summed E-state index contributed by atoms with van der Waals surface area (Å²) in [5, 5.41) is 13.7. The number of nitrogens with zero attached hydrogens (tertiary/aromatic N) is 5. The normalized spacial score (nSPS) is 13.2. The van der Waals surface area contributed by atoms with E-state index in [0.717, 1.165) is 22.3 Å². The number of hydrogen-bond donors (Lipinski definition) is 1. The molecule has 0 saturated heterocycles. The van der Waals surface area contributed by atoms with E-state index in [2.05, 4.69) is 37.5 Å². The van der Waals surface area contributed by atoms with Gasteiger partial charge in [0, 0.05) is 23.6 Å². The zero-order valence-corrected chi connectivity index (χ0v) is 22.0. The fraction of sp³-hybridized carbons (Fsp3) is 0.161. The minimum atomic E-state index is -0.613. The molecule has 3 aromatic heterocycles. The first-order chi connectivity index (χ1) is 20.2. The summed E-state index contributed by atoms with van der Waals surface area (Å²) in [5.74, 6) is 2.54. The van der Waals surface area contributed by atoms with E-state index in [1.807, 2.05) is 72.8 Å². The first kappa shape index (κ1) is 24.8. The number of hydrogen-bond acceptors (Lipinski definition) is 8. The second-order valence-corrected chi connectivity index (χ2v) is 9.90. The molecular formula is C31H26N6O4. The number of aromatic amines is 1. The Morgan fingerprint density at radius 1 is 0.878 bits per heavy atom. The Bertz CT molecular complexity index is 1830. The molecule has 1 aliphatic rings. The van der Waals surface area contributed by atoms with Crippen LogP contribution in [0.1, 0.15) is 34.3 Å². The predicted molar refractivity (Wildman–Crippen MR) is 150 cm³/mol. The largest absolute Gasteiger partial charge is 0.468 e. The second-order valence-electron chi connectivity index (χ2n) is 9.90. The van der Waals surface area contributed by atoms with Gasteiger partial charge in [0.1, 0.15) is 11.8 Å². The van der Waals surface area contributed by atoms with Crippen molar-refractivity contribution in [1.82, 2.24) is 30.1 Å². The van der Waals surface area contributed by atoms with Crippen LogP contribution in [0.5, 0.6) is 11.5 Å². The zero-order chi connectivity index (χ0) is 27.6. The fourth-order valence-electron chi connectivity index (χ4n) is 5.25. The third-order valence-electron chi connectivity index (χ3n) is 7.17. The Morgan fingerprint density at radius 3 is 2.39 bits per heavy atom. The Kier molecular flexibility index (Phi) is 6.50. The number of aromatic nitrogens is 5. The van der Waals surface area contributed by atoms with Crippen LogP contribution < -0.4 is 15.0 Å². The molecule has 4 heterocycles. The number of pyridine rings is 1. The number of H-pyrrole nitrogens is 1. The molecule has 0 radical (unpaired) electrons. The summed E-state index contributed by atoms with van der Waals surface area (Å²) in [6.45, 7) is 1.53. The average molecular weight is 547 g/mol. The molecule has 0 fully saturated rings. The van der Waals surface area contributed by atoms with Gasteiger partial charge < -0.3 is 18.9 Å². The minimum absolute atomic E-state index is 0.146. The van der Waals surface area contributed by atoms with Crippen LogP contribution >= 0.6 is 0 Å². The maximum absolute atomic E-state index is 13.8. The van der Waals surface area contributed by atoms with E-state index in [-0.39, 0.29) is 12.4 Å². The first-order valence-electron chi connectivity index (χ1n) is 13.3. The standard InChI is InChI=1S/C31H26N6O4/c38-31-25(14-23-15-27-28(41-20-40-27)16-26(23)32-31)29(30-33-34-35-37(30)18-22-10-5-2-6-11-22)36(19-24-12-7-13-39-24)17-21-8-3-1-4-9-21/h1-16,29H,17-20H2,(H,32,38). The van der Waals surface area contributed by atoms with Crippen molar-refractivity contribution in [1.29, 1.82) is 0 Å². The van der Waals surface area contributed by atoms with Crippen molar-refractivity contribution in [2.45, 2.75) is 25.7 Å². The lowest BCUT2D eigenvalue weighted by atomic mass is 10.0. The van der Waals surface area contributed by atoms with Crippen LogP contribution in [-0.2, 0) is 19.6 Å². The molecule has 7 rings (SSSR count). The molecule has 0 bridgehead atoms. The minimum Gasteiger partial charge on any atom is -0.468 e. The number of tetrazole rings is 1. The van der Waals surface area contributed by atoms with Crippen molar-refractivity contribution < 1.29 is 13.9 Å². The molecule has 1 N–H and O–H groups in total. The molecule has 0 aliphatic carbocycles. The van der Waals surface area contributed by atoms with Crippen molar-refractivity contribution in [3.05, 3.63) is 136 Å². The Labute approximate surface area is 234 Å². The lowest BCUT2D eigenvalue weighted by Gasteiger charge is -2.30. The molecule has 10 nitrogen and oxygen atoms in total. The van der Waals surface area contributed by atoms with Gasteiger partial charge in [0.25, 0.3) is 5.56 Å². The van der Waals surface area contributed by atoms with E-state index in [9.17, 15) is 4.79 Å². The van der Waals surface area contributed by atoms with Crippen molar-refractivity contribution >= 4 is 10.9 Å². The van der Waals surface area contributed by atoms with Crippen LogP contribution in [0.15, 0.2) is 106 Å². The molecule has 1 unspecified atom stereocenters. The molecule has 1 atom stereocenters. The van der Waals surface area contributed by atoms with Gasteiger partial charge in [-0.15, -0.1) is 5.10 Å². The number of furan rings is 1. The van der Waals surface area contributed by atoms with Crippen molar-refractivity contribution in [2.75, 3.05) is 6.79 Å². The highest BCUT2D eigenvalue weighted by atomic mass is 16.7. The van der Waals surface area contributed by atoms with Crippen LogP contribution in [-0.4, -0.2) is 36.9 Å². The Morgan fingerprint density at radius 2 is 1.63 bits per heavy atom. The molecule has 0 saturated carbocycles. The van der Waals surface area contributed by atoms with Gasteiger partial charge >= 0.3 is 0 Å². The van der Waals surface area contributed by atoms with Crippen LogP contribution in [0, 0.1) is 0 Å². The van der Waals surface area contributed by atoms with Gasteiger partial charge in [-0.2, -0.15) is 0 Å². The summed E-state index contributed by atoms with van der Waals surface area (Å²) in [7, 11) is 0. The molecule has 10 heteroatoms. The summed E-state index contributed by atoms with van der Waals surface area (Å²) >= 11 is 0. The number of nitrogens with one attached hydrogen (secondary N) is 1. The quantitative estimate of drug-likeness (QED) is 0.278. The first-order valence-corrected chi connectivity index (χ1v) is 13.3. The van der Waals surface area contributed by atoms with Gasteiger partial charge in [0.05, 0.1) is 24.9 Å². The highest BCUT2D eigenvalue weighted by molar-refractivity contribution is 5.83. The number of fused-ring (bicyclic) bond motifs is 2. The maximum Gasteiger partial charge on any atom is 0.253 e. The molecule has 41 heavy (non-hydrogen) atoms. The molecule has 204 valence electrons. The highest BCUT2D eigenvalue weighted by Crippen LogP contribution is 2.37. The molecule has 0 spiro atoms. The summed E-state index contributed by atoms with van der Waals surface area (Å²) < 4.78 is 18.7. The van der Waals surface area contributed by atoms with Gasteiger partial charge in [0.2, 0.25) is 6.79 Å². The van der Waals surface area contributed by atoms with E-state index in [1.54, 1.807) is 17.0 Å². The van der Waals surface area contributed by atoms with Crippen LogP contribution in [0.2, 0.25) is 0 Å². The third kappa shape index (κ3) is 5.08. The molecule has 3 aromatic carbocycles. The van der Waals surface area contributed by atoms with Crippen LogP contribution in [0.4, 0.5) is 0 Å². The van der Waals surface area contributed by atoms with Crippen molar-refractivity contribution in [3.8, 4) is 11.5 Å². The van der Waals surface area contributed by atoms with E-state index in [0.29, 0.717) is 48.0 Å². The third-order valence-corrected chi connectivity index (χ3v) is 7.17. The molecule has 6 aromatic rings. The van der Waals surface area contributed by atoms with E-state index in [1.165, 1.54) is 0 Å². The maximum atomic E-state index is 13.8. The summed E-state index contributed by atoms with van der Waals surface area (Å²) in [4.78, 5) is 19.1. The van der Waals surface area contributed by atoms with E-state index < -0.39 is 6.04 Å². The van der Waals surface area contributed by atoms with Gasteiger partial charge in [-0.3, -0.25) is 9.69 Å². The van der Waals surface area contributed by atoms with Gasteiger partial charge in [-0.25, -0.2) is 4.68 Å². The number of rotatable bonds is 9. The topological polar surface area (TPSA) is 111 Å². The van der Waals surface area contributed by atoms with Crippen LogP contribution in [0.3, 0.4) is 0 Å². The second kappa shape index (κ2) is 10.7. The zero-order valence-electron chi connectivity index (χ0n) is 22.0. The Hall–Kier alpha value is -5.22. The highest BCUT2D eigenvalue weighted by Gasteiger charge is 2.32. The number of ether oxygens (including phenoxy) is 2. The summed E-state index contributed by atoms with van der Waals surface area (Å²) in [6.07, 6.45) is 1.65. The summed E-state index contributed by atoms with van der Waals surface area (Å²) in [6, 6.07) is 28.8.